The van der Waals surface area contributed by atoms with Gasteiger partial charge in [-0.05, 0) is 43.8 Å². The standard InChI is InChI=1S/C16H22N2OS/c1-4-14-15(8-7-12(2)18-14)19-10-9-17-13(3)16-6-5-11-20-16/h5-8,11,13,17H,4,9-10H2,1-3H3. The van der Waals surface area contributed by atoms with Crippen molar-refractivity contribution < 1.29 is 4.74 Å². The number of aromatic nitrogens is 1. The lowest BCUT2D eigenvalue weighted by Gasteiger charge is -2.14. The van der Waals surface area contributed by atoms with Gasteiger partial charge in [0.15, 0.2) is 0 Å². The fraction of sp³-hybridized carbons (Fsp3) is 0.438. The summed E-state index contributed by atoms with van der Waals surface area (Å²) >= 11 is 1.78. The van der Waals surface area contributed by atoms with E-state index >= 15 is 0 Å². The van der Waals surface area contributed by atoms with Crippen LogP contribution in [0.2, 0.25) is 0 Å². The van der Waals surface area contributed by atoms with Gasteiger partial charge in [0, 0.05) is 23.2 Å². The molecule has 0 aliphatic carbocycles. The van der Waals surface area contributed by atoms with Crippen molar-refractivity contribution in [3.05, 3.63) is 45.9 Å². The summed E-state index contributed by atoms with van der Waals surface area (Å²) in [6.45, 7) is 7.78. The van der Waals surface area contributed by atoms with Crippen LogP contribution in [0.1, 0.15) is 36.2 Å². The van der Waals surface area contributed by atoms with Gasteiger partial charge in [-0.3, -0.25) is 4.98 Å². The highest BCUT2D eigenvalue weighted by Gasteiger charge is 2.06. The van der Waals surface area contributed by atoms with E-state index in [-0.39, 0.29) is 0 Å². The molecule has 0 aliphatic heterocycles. The summed E-state index contributed by atoms with van der Waals surface area (Å²) in [6.07, 6.45) is 0.899. The molecule has 0 saturated carbocycles. The van der Waals surface area contributed by atoms with Gasteiger partial charge in [-0.2, -0.15) is 0 Å². The number of hydrogen-bond acceptors (Lipinski definition) is 4. The van der Waals surface area contributed by atoms with Crippen molar-refractivity contribution in [3.63, 3.8) is 0 Å². The summed E-state index contributed by atoms with van der Waals surface area (Å²) in [6, 6.07) is 8.63. The third-order valence-corrected chi connectivity index (χ3v) is 4.24. The Kier molecular flexibility index (Phi) is 5.56. The van der Waals surface area contributed by atoms with Crippen molar-refractivity contribution in [2.24, 2.45) is 0 Å². The van der Waals surface area contributed by atoms with Crippen molar-refractivity contribution in [3.8, 4) is 5.75 Å². The third-order valence-electron chi connectivity index (χ3n) is 3.19. The number of hydrogen-bond donors (Lipinski definition) is 1. The first-order valence-electron chi connectivity index (χ1n) is 7.06. The monoisotopic (exact) mass is 290 g/mol. The van der Waals surface area contributed by atoms with Crippen molar-refractivity contribution in [2.75, 3.05) is 13.2 Å². The van der Waals surface area contributed by atoms with Gasteiger partial charge in [0.2, 0.25) is 0 Å². The normalized spacial score (nSPS) is 12.3. The van der Waals surface area contributed by atoms with E-state index in [0.717, 1.165) is 30.1 Å². The van der Waals surface area contributed by atoms with Gasteiger partial charge in [0.05, 0.1) is 5.69 Å². The van der Waals surface area contributed by atoms with E-state index in [9.17, 15) is 0 Å². The van der Waals surface area contributed by atoms with Crippen LogP contribution < -0.4 is 10.1 Å². The largest absolute Gasteiger partial charge is 0.490 e. The Hall–Kier alpha value is -1.39. The lowest BCUT2D eigenvalue weighted by molar-refractivity contribution is 0.303. The Balaban J connectivity index is 1.79. The fourth-order valence-corrected chi connectivity index (χ4v) is 2.82. The van der Waals surface area contributed by atoms with Gasteiger partial charge >= 0.3 is 0 Å². The molecule has 4 heteroatoms. The zero-order valence-corrected chi connectivity index (χ0v) is 13.2. The molecule has 0 fully saturated rings. The Morgan fingerprint density at radius 3 is 2.90 bits per heavy atom. The molecule has 0 spiro atoms. The van der Waals surface area contributed by atoms with Gasteiger partial charge in [0.1, 0.15) is 12.4 Å². The zero-order chi connectivity index (χ0) is 14.4. The molecule has 2 aromatic rings. The Morgan fingerprint density at radius 1 is 1.35 bits per heavy atom. The summed E-state index contributed by atoms with van der Waals surface area (Å²) < 4.78 is 5.83. The van der Waals surface area contributed by atoms with E-state index in [0.29, 0.717) is 12.6 Å². The summed E-state index contributed by atoms with van der Waals surface area (Å²) in [5, 5.41) is 5.58. The maximum atomic E-state index is 5.83. The van der Waals surface area contributed by atoms with Crippen LogP contribution in [0.3, 0.4) is 0 Å². The molecule has 0 radical (unpaired) electrons. The highest BCUT2D eigenvalue weighted by molar-refractivity contribution is 7.10. The number of ether oxygens (including phenoxy) is 1. The summed E-state index contributed by atoms with van der Waals surface area (Å²) in [7, 11) is 0. The first-order chi connectivity index (χ1) is 9.70. The van der Waals surface area contributed by atoms with Crippen LogP contribution >= 0.6 is 11.3 Å². The first kappa shape index (κ1) is 15.0. The van der Waals surface area contributed by atoms with Crippen molar-refractivity contribution in [1.29, 1.82) is 0 Å². The molecule has 0 bridgehead atoms. The molecule has 0 aliphatic rings. The van der Waals surface area contributed by atoms with Crippen LogP contribution in [0.4, 0.5) is 0 Å². The SMILES string of the molecule is CCc1nc(C)ccc1OCCNC(C)c1cccs1. The smallest absolute Gasteiger partial charge is 0.140 e. The molecule has 0 aromatic carbocycles. The number of nitrogens with one attached hydrogen (secondary N) is 1. The van der Waals surface area contributed by atoms with Crippen LogP contribution in [-0.2, 0) is 6.42 Å². The average molecular weight is 290 g/mol. The molecular formula is C16H22N2OS. The van der Waals surface area contributed by atoms with E-state index < -0.39 is 0 Å². The Labute approximate surface area is 125 Å². The van der Waals surface area contributed by atoms with E-state index in [1.165, 1.54) is 4.88 Å². The molecule has 0 amide bonds. The van der Waals surface area contributed by atoms with Crippen LogP contribution in [-0.4, -0.2) is 18.1 Å². The quantitative estimate of drug-likeness (QED) is 0.789. The van der Waals surface area contributed by atoms with Gasteiger partial charge in [-0.1, -0.05) is 13.0 Å². The second-order valence-electron chi connectivity index (χ2n) is 4.79. The van der Waals surface area contributed by atoms with E-state index in [2.05, 4.69) is 41.7 Å². The lowest BCUT2D eigenvalue weighted by atomic mass is 10.2. The molecule has 0 saturated heterocycles. The minimum atomic E-state index is 0.375. The van der Waals surface area contributed by atoms with Gasteiger partial charge in [0.25, 0.3) is 0 Å². The summed E-state index contributed by atoms with van der Waals surface area (Å²) in [4.78, 5) is 5.86. The van der Waals surface area contributed by atoms with Gasteiger partial charge < -0.3 is 10.1 Å². The molecule has 1 N–H and O–H groups in total. The topological polar surface area (TPSA) is 34.1 Å². The van der Waals surface area contributed by atoms with Gasteiger partial charge in [-0.15, -0.1) is 11.3 Å². The molecule has 2 aromatic heterocycles. The average Bonchev–Trinajstić information content (AvgIpc) is 2.98. The van der Waals surface area contributed by atoms with E-state index in [1.807, 2.05) is 19.1 Å². The third kappa shape index (κ3) is 4.05. The second kappa shape index (κ2) is 7.41. The highest BCUT2D eigenvalue weighted by Crippen LogP contribution is 2.19. The van der Waals surface area contributed by atoms with Crippen molar-refractivity contribution in [1.82, 2.24) is 10.3 Å². The molecular weight excluding hydrogens is 268 g/mol. The molecule has 1 atom stereocenters. The van der Waals surface area contributed by atoms with Gasteiger partial charge in [-0.25, -0.2) is 0 Å². The van der Waals surface area contributed by atoms with Crippen molar-refractivity contribution in [2.45, 2.75) is 33.2 Å². The predicted octanol–water partition coefficient (Wildman–Crippen LogP) is 3.74. The van der Waals surface area contributed by atoms with Crippen molar-refractivity contribution >= 4 is 11.3 Å². The Bertz CT molecular complexity index is 525. The predicted molar refractivity (Wildman–Crippen MR) is 84.6 cm³/mol. The molecule has 108 valence electrons. The van der Waals surface area contributed by atoms with Crippen LogP contribution in [0.25, 0.3) is 0 Å². The lowest BCUT2D eigenvalue weighted by Crippen LogP contribution is -2.24. The number of nitrogens with zero attached hydrogens (tertiary/aromatic N) is 1. The molecule has 3 nitrogen and oxygen atoms in total. The number of pyridine rings is 1. The molecule has 2 rings (SSSR count). The fourth-order valence-electron chi connectivity index (χ4n) is 2.06. The summed E-state index contributed by atoms with van der Waals surface area (Å²) in [5.41, 5.74) is 2.08. The number of rotatable bonds is 7. The minimum absolute atomic E-state index is 0.375. The maximum absolute atomic E-state index is 5.83. The minimum Gasteiger partial charge on any atom is -0.490 e. The maximum Gasteiger partial charge on any atom is 0.140 e. The molecule has 20 heavy (non-hydrogen) atoms. The van der Waals surface area contributed by atoms with Crippen LogP contribution in [0.15, 0.2) is 29.6 Å². The zero-order valence-electron chi connectivity index (χ0n) is 12.3. The number of thiophene rings is 1. The first-order valence-corrected chi connectivity index (χ1v) is 7.94. The van der Waals surface area contributed by atoms with Crippen LogP contribution in [0, 0.1) is 6.92 Å². The number of aryl methyl sites for hydroxylation is 2. The highest BCUT2D eigenvalue weighted by atomic mass is 32.1. The summed E-state index contributed by atoms with van der Waals surface area (Å²) in [5.74, 6) is 0.906. The van der Waals surface area contributed by atoms with E-state index in [1.54, 1.807) is 11.3 Å². The molecule has 1 unspecified atom stereocenters. The van der Waals surface area contributed by atoms with E-state index in [4.69, 9.17) is 4.74 Å². The Morgan fingerprint density at radius 2 is 2.20 bits per heavy atom. The second-order valence-corrected chi connectivity index (χ2v) is 5.77. The molecule has 2 heterocycles. The van der Waals surface area contributed by atoms with Crippen LogP contribution in [0.5, 0.6) is 5.75 Å².